The molecule has 1 aliphatic carbocycles. The molecule has 0 unspecified atom stereocenters. The van der Waals surface area contributed by atoms with Crippen LogP contribution in [-0.4, -0.2) is 34.8 Å². The van der Waals surface area contributed by atoms with E-state index in [1.54, 1.807) is 23.8 Å². The molecule has 1 saturated heterocycles. The van der Waals surface area contributed by atoms with E-state index in [2.05, 4.69) is 51.1 Å². The zero-order valence-corrected chi connectivity index (χ0v) is 23.2. The molecule has 1 atom stereocenters. The summed E-state index contributed by atoms with van der Waals surface area (Å²) < 4.78 is 7.23. The van der Waals surface area contributed by atoms with E-state index < -0.39 is 17.5 Å². The van der Waals surface area contributed by atoms with Gasteiger partial charge in [-0.1, -0.05) is 36.3 Å². The molecule has 42 heavy (non-hydrogen) atoms. The van der Waals surface area contributed by atoms with E-state index >= 15 is 0 Å². The number of anilines is 1. The molecule has 9 heteroatoms. The van der Waals surface area contributed by atoms with Gasteiger partial charge < -0.3 is 24.7 Å². The topological polar surface area (TPSA) is 108 Å². The lowest BCUT2D eigenvalue weighted by Crippen LogP contribution is -2.47. The van der Waals surface area contributed by atoms with Gasteiger partial charge in [-0.25, -0.2) is 10.2 Å². The lowest BCUT2D eigenvalue weighted by Gasteiger charge is -2.27. The number of hydrazine groups is 1. The van der Waals surface area contributed by atoms with Gasteiger partial charge in [0.05, 0.1) is 12.2 Å². The summed E-state index contributed by atoms with van der Waals surface area (Å²) in [5, 5.41) is 20.0. The van der Waals surface area contributed by atoms with Crippen molar-refractivity contribution in [2.24, 2.45) is 5.92 Å². The van der Waals surface area contributed by atoms with Gasteiger partial charge in [0.25, 0.3) is 5.91 Å². The van der Waals surface area contributed by atoms with E-state index in [-0.39, 0.29) is 19.0 Å². The Morgan fingerprint density at radius 1 is 1.05 bits per heavy atom. The van der Waals surface area contributed by atoms with Crippen molar-refractivity contribution in [3.8, 4) is 34.6 Å². The summed E-state index contributed by atoms with van der Waals surface area (Å²) in [5.74, 6) is 6.51. The van der Waals surface area contributed by atoms with Gasteiger partial charge in [-0.05, 0) is 78.3 Å². The lowest BCUT2D eigenvalue weighted by molar-refractivity contribution is -0.124. The third kappa shape index (κ3) is 4.60. The van der Waals surface area contributed by atoms with Crippen molar-refractivity contribution < 1.29 is 19.4 Å². The smallest absolute Gasteiger partial charge is 0.322 e. The maximum atomic E-state index is 13.3. The molecule has 9 nitrogen and oxygen atoms in total. The number of aromatic hydroxyl groups is 1. The van der Waals surface area contributed by atoms with E-state index in [1.165, 1.54) is 24.1 Å². The number of nitrogens with zero attached hydrogens (tertiary/aromatic N) is 2. The summed E-state index contributed by atoms with van der Waals surface area (Å²) in [5.41, 5.74) is 7.31. The molecule has 3 amide bonds. The minimum Gasteiger partial charge on any atom is -0.494 e. The molecule has 2 fully saturated rings. The average molecular weight is 562 g/mol. The Kier molecular flexibility index (Phi) is 6.29. The van der Waals surface area contributed by atoms with Crippen LogP contribution < -0.4 is 25.8 Å². The van der Waals surface area contributed by atoms with Crippen LogP contribution in [0.15, 0.2) is 66.9 Å². The van der Waals surface area contributed by atoms with Crippen LogP contribution in [0.2, 0.25) is 0 Å². The molecule has 4 N–H and O–H groups in total. The van der Waals surface area contributed by atoms with Crippen molar-refractivity contribution in [2.75, 3.05) is 18.2 Å². The SMILES string of the molecule is CC#CCOc1ccc2cn(C[C@@]3(c4ccc(-c5ccc6c(c5)CNN6CC5CC5)cc4)NC(=O)NC3=O)c(O)c2c1. The van der Waals surface area contributed by atoms with Crippen molar-refractivity contribution in [1.29, 1.82) is 0 Å². The van der Waals surface area contributed by atoms with Crippen molar-refractivity contribution in [3.05, 3.63) is 78.0 Å². The third-order valence-corrected chi connectivity index (χ3v) is 8.35. The first-order valence-electron chi connectivity index (χ1n) is 14.2. The highest BCUT2D eigenvalue weighted by atomic mass is 16.5. The van der Waals surface area contributed by atoms with Crippen molar-refractivity contribution >= 4 is 28.4 Å². The molecule has 0 bridgehead atoms. The Labute approximate surface area is 243 Å². The molecular formula is C33H31N5O4. The van der Waals surface area contributed by atoms with Crippen LogP contribution in [0, 0.1) is 17.8 Å². The second-order valence-corrected chi connectivity index (χ2v) is 11.2. The molecule has 3 aliphatic rings. The number of hydrogen-bond acceptors (Lipinski definition) is 6. The second kappa shape index (κ2) is 10.2. The Morgan fingerprint density at radius 3 is 2.60 bits per heavy atom. The molecule has 3 aromatic carbocycles. The van der Waals surface area contributed by atoms with Crippen molar-refractivity contribution in [3.63, 3.8) is 0 Å². The number of urea groups is 1. The lowest BCUT2D eigenvalue weighted by atomic mass is 9.88. The predicted molar refractivity (Wildman–Crippen MR) is 160 cm³/mol. The number of ether oxygens (including phenoxy) is 1. The first kappa shape index (κ1) is 26.0. The number of fused-ring (bicyclic) bond motifs is 2. The van der Waals surface area contributed by atoms with E-state index in [9.17, 15) is 14.7 Å². The van der Waals surface area contributed by atoms with Gasteiger partial charge in [0.15, 0.2) is 11.4 Å². The number of amides is 3. The molecule has 0 spiro atoms. The van der Waals surface area contributed by atoms with Crippen LogP contribution in [0.4, 0.5) is 10.5 Å². The summed E-state index contributed by atoms with van der Waals surface area (Å²) in [4.78, 5) is 25.7. The van der Waals surface area contributed by atoms with Crippen LogP contribution in [-0.2, 0) is 23.4 Å². The summed E-state index contributed by atoms with van der Waals surface area (Å²) in [6.07, 6.45) is 4.38. The molecule has 2 aliphatic heterocycles. The van der Waals surface area contributed by atoms with Crippen LogP contribution in [0.25, 0.3) is 21.9 Å². The normalized spacial score (nSPS) is 19.3. The Bertz CT molecular complexity index is 1780. The Hall–Kier alpha value is -4.94. The monoisotopic (exact) mass is 561 g/mol. The summed E-state index contributed by atoms with van der Waals surface area (Å²) in [6, 6.07) is 19.0. The zero-order chi connectivity index (χ0) is 28.8. The van der Waals surface area contributed by atoms with Crippen molar-refractivity contribution in [1.82, 2.24) is 20.6 Å². The highest BCUT2D eigenvalue weighted by Gasteiger charge is 2.48. The molecule has 212 valence electrons. The highest BCUT2D eigenvalue weighted by Crippen LogP contribution is 2.37. The van der Waals surface area contributed by atoms with Crippen LogP contribution >= 0.6 is 0 Å². The van der Waals surface area contributed by atoms with Gasteiger partial charge in [-0.3, -0.25) is 10.1 Å². The number of aromatic nitrogens is 1. The number of carbonyl (C=O) groups is 2. The molecule has 4 aromatic rings. The quantitative estimate of drug-likeness (QED) is 0.188. The van der Waals surface area contributed by atoms with Gasteiger partial charge in [0.1, 0.15) is 12.4 Å². The fourth-order valence-corrected chi connectivity index (χ4v) is 5.88. The summed E-state index contributed by atoms with van der Waals surface area (Å²) in [7, 11) is 0. The first-order valence-corrected chi connectivity index (χ1v) is 14.2. The zero-order valence-electron chi connectivity index (χ0n) is 23.2. The number of hydrogen-bond donors (Lipinski definition) is 4. The molecule has 3 heterocycles. The number of imide groups is 1. The van der Waals surface area contributed by atoms with Gasteiger partial charge in [0.2, 0.25) is 0 Å². The van der Waals surface area contributed by atoms with Crippen molar-refractivity contribution in [2.45, 2.75) is 38.4 Å². The largest absolute Gasteiger partial charge is 0.494 e. The standard InChI is InChI=1S/C33H31N5O4/c1-2-3-14-42-27-12-8-24-19-37(30(39)28(24)16-27)20-33(31(40)35-32(41)36-33)26-10-6-22(7-11-26)23-9-13-29-25(15-23)17-34-38(29)18-21-4-5-21/h6-13,15-16,19,21,34,39H,4-5,14,17-18,20H2,1H3,(H2,35,36,40,41)/t33-/m0/s1. The first-order chi connectivity index (χ1) is 20.4. The Morgan fingerprint density at radius 2 is 1.86 bits per heavy atom. The van der Waals surface area contributed by atoms with Crippen LogP contribution in [0.5, 0.6) is 11.6 Å². The van der Waals surface area contributed by atoms with Gasteiger partial charge in [-0.15, -0.1) is 5.92 Å². The molecule has 0 radical (unpaired) electrons. The maximum absolute atomic E-state index is 13.3. The summed E-state index contributed by atoms with van der Waals surface area (Å²) in [6.45, 7) is 3.84. The minimum absolute atomic E-state index is 0.00325. The number of rotatable bonds is 8. The van der Waals surface area contributed by atoms with E-state index in [4.69, 9.17) is 4.74 Å². The van der Waals surface area contributed by atoms with Gasteiger partial charge in [0, 0.05) is 30.1 Å². The van der Waals surface area contributed by atoms with Crippen LogP contribution in [0.3, 0.4) is 0 Å². The fraction of sp³-hybridized carbons (Fsp3) is 0.273. The van der Waals surface area contributed by atoms with Crippen LogP contribution in [0.1, 0.15) is 30.9 Å². The number of benzene rings is 3. The molecule has 7 rings (SSSR count). The fourth-order valence-electron chi connectivity index (χ4n) is 5.88. The number of carbonyl (C=O) groups excluding carboxylic acids is 2. The minimum atomic E-state index is -1.40. The Balaban J connectivity index is 1.17. The van der Waals surface area contributed by atoms with E-state index in [0.29, 0.717) is 16.7 Å². The number of nitrogens with one attached hydrogen (secondary N) is 3. The predicted octanol–water partition coefficient (Wildman–Crippen LogP) is 4.39. The highest BCUT2D eigenvalue weighted by molar-refractivity contribution is 6.07. The molecule has 1 saturated carbocycles. The molecule has 1 aromatic heterocycles. The van der Waals surface area contributed by atoms with E-state index in [0.717, 1.165) is 35.5 Å². The van der Waals surface area contributed by atoms with Gasteiger partial charge >= 0.3 is 6.03 Å². The molecular weight excluding hydrogens is 530 g/mol. The van der Waals surface area contributed by atoms with Gasteiger partial charge in [-0.2, -0.15) is 0 Å². The summed E-state index contributed by atoms with van der Waals surface area (Å²) >= 11 is 0. The second-order valence-electron chi connectivity index (χ2n) is 11.2. The average Bonchev–Trinajstić information content (AvgIpc) is 3.55. The van der Waals surface area contributed by atoms with E-state index in [1.807, 2.05) is 36.4 Å². The maximum Gasteiger partial charge on any atom is 0.322 e. The third-order valence-electron chi connectivity index (χ3n) is 8.35.